The Kier molecular flexibility index (Phi) is 4.22. The Morgan fingerprint density at radius 2 is 2.10 bits per heavy atom. The molecule has 20 heavy (non-hydrogen) atoms. The van der Waals surface area contributed by atoms with Crippen molar-refractivity contribution >= 4 is 0 Å². The average Bonchev–Trinajstić information content (AvgIpc) is 2.76. The summed E-state index contributed by atoms with van der Waals surface area (Å²) in [6.45, 7) is 11.1. The molecule has 0 N–H and O–H groups in total. The highest BCUT2D eigenvalue weighted by atomic mass is 15.3. The van der Waals surface area contributed by atoms with Crippen molar-refractivity contribution in [2.75, 3.05) is 0 Å². The molecule has 0 radical (unpaired) electrons. The van der Waals surface area contributed by atoms with E-state index in [1.807, 2.05) is 6.92 Å². The van der Waals surface area contributed by atoms with E-state index in [9.17, 15) is 5.26 Å². The van der Waals surface area contributed by atoms with Gasteiger partial charge in [0.2, 0.25) is 0 Å². The molecule has 2 rings (SSSR count). The first-order valence-corrected chi connectivity index (χ1v) is 7.81. The van der Waals surface area contributed by atoms with Crippen molar-refractivity contribution in [3.05, 3.63) is 17.5 Å². The van der Waals surface area contributed by atoms with Gasteiger partial charge in [0.15, 0.2) is 0 Å². The fourth-order valence-electron chi connectivity index (χ4n) is 3.55. The van der Waals surface area contributed by atoms with Gasteiger partial charge in [0.05, 0.1) is 23.7 Å². The smallest absolute Gasteiger partial charge is 0.0688 e. The summed E-state index contributed by atoms with van der Waals surface area (Å²) in [6.07, 6.45) is 4.46. The molecule has 1 aliphatic rings. The zero-order valence-electron chi connectivity index (χ0n) is 13.5. The Balaban J connectivity index is 2.28. The SMILES string of the molecule is CCC(C)(C)C1CCC(C#N)C(n2nc(C)cc2C)C1. The normalized spacial score (nSPS) is 27.3. The van der Waals surface area contributed by atoms with Crippen molar-refractivity contribution in [2.24, 2.45) is 17.3 Å². The second kappa shape index (κ2) is 5.60. The lowest BCUT2D eigenvalue weighted by molar-refractivity contribution is 0.0982. The van der Waals surface area contributed by atoms with Crippen molar-refractivity contribution in [1.82, 2.24) is 9.78 Å². The summed E-state index contributed by atoms with van der Waals surface area (Å²) >= 11 is 0. The summed E-state index contributed by atoms with van der Waals surface area (Å²) in [5, 5.41) is 14.1. The first-order chi connectivity index (χ1) is 9.39. The summed E-state index contributed by atoms with van der Waals surface area (Å²) in [4.78, 5) is 0. The molecule has 0 aromatic carbocycles. The molecule has 0 spiro atoms. The molecule has 3 nitrogen and oxygen atoms in total. The quantitative estimate of drug-likeness (QED) is 0.818. The molecule has 1 heterocycles. The zero-order valence-corrected chi connectivity index (χ0v) is 13.5. The van der Waals surface area contributed by atoms with Gasteiger partial charge >= 0.3 is 0 Å². The van der Waals surface area contributed by atoms with Crippen LogP contribution in [0.2, 0.25) is 0 Å². The van der Waals surface area contributed by atoms with Crippen LogP contribution in [0.25, 0.3) is 0 Å². The molecule has 110 valence electrons. The zero-order chi connectivity index (χ0) is 14.9. The van der Waals surface area contributed by atoms with Gasteiger partial charge < -0.3 is 0 Å². The first kappa shape index (κ1) is 15.1. The first-order valence-electron chi connectivity index (χ1n) is 7.81. The molecular weight excluding hydrogens is 246 g/mol. The molecule has 3 unspecified atom stereocenters. The summed E-state index contributed by atoms with van der Waals surface area (Å²) < 4.78 is 2.11. The van der Waals surface area contributed by atoms with Crippen LogP contribution in [-0.4, -0.2) is 9.78 Å². The predicted octanol–water partition coefficient (Wildman–Crippen LogP) is 4.42. The van der Waals surface area contributed by atoms with Gasteiger partial charge in [-0.25, -0.2) is 0 Å². The number of nitriles is 1. The molecule has 0 aliphatic heterocycles. The van der Waals surface area contributed by atoms with E-state index in [1.165, 1.54) is 18.5 Å². The predicted molar refractivity (Wildman–Crippen MR) is 81.3 cm³/mol. The highest BCUT2D eigenvalue weighted by Gasteiger charge is 2.38. The fourth-order valence-corrected chi connectivity index (χ4v) is 3.55. The van der Waals surface area contributed by atoms with Gasteiger partial charge in [-0.3, -0.25) is 4.68 Å². The number of aromatic nitrogens is 2. The lowest BCUT2D eigenvalue weighted by atomic mass is 9.66. The highest BCUT2D eigenvalue weighted by Crippen LogP contribution is 2.46. The lowest BCUT2D eigenvalue weighted by Crippen LogP contribution is -2.34. The van der Waals surface area contributed by atoms with Crippen LogP contribution in [0.15, 0.2) is 6.07 Å². The summed E-state index contributed by atoms with van der Waals surface area (Å²) in [5.41, 5.74) is 2.59. The van der Waals surface area contributed by atoms with Crippen molar-refractivity contribution in [3.8, 4) is 6.07 Å². The molecule has 1 aromatic rings. The topological polar surface area (TPSA) is 41.6 Å². The van der Waals surface area contributed by atoms with Crippen LogP contribution in [-0.2, 0) is 0 Å². The van der Waals surface area contributed by atoms with Crippen LogP contribution in [0.3, 0.4) is 0 Å². The van der Waals surface area contributed by atoms with E-state index in [0.29, 0.717) is 11.3 Å². The van der Waals surface area contributed by atoms with Gasteiger partial charge in [-0.1, -0.05) is 27.2 Å². The van der Waals surface area contributed by atoms with E-state index >= 15 is 0 Å². The molecule has 1 saturated carbocycles. The van der Waals surface area contributed by atoms with Gasteiger partial charge in [0, 0.05) is 5.69 Å². The third-order valence-electron chi connectivity index (χ3n) is 5.36. The summed E-state index contributed by atoms with van der Waals surface area (Å²) in [6, 6.07) is 4.88. The minimum absolute atomic E-state index is 0.108. The standard InChI is InChI=1S/C17H27N3/c1-6-17(4,5)15-8-7-14(11-18)16(10-15)20-13(3)9-12(2)19-20/h9,14-16H,6-8,10H2,1-5H3. The second-order valence-electron chi connectivity index (χ2n) is 7.03. The molecule has 3 atom stereocenters. The Morgan fingerprint density at radius 3 is 2.60 bits per heavy atom. The Labute approximate surface area is 123 Å². The number of aryl methyl sites for hydroxylation is 2. The maximum Gasteiger partial charge on any atom is 0.0688 e. The molecule has 0 amide bonds. The number of nitrogens with zero attached hydrogens (tertiary/aromatic N) is 3. The fraction of sp³-hybridized carbons (Fsp3) is 0.765. The van der Waals surface area contributed by atoms with E-state index in [-0.39, 0.29) is 12.0 Å². The molecule has 0 bridgehead atoms. The van der Waals surface area contributed by atoms with Gasteiger partial charge in [-0.2, -0.15) is 10.4 Å². The molecule has 1 fully saturated rings. The number of rotatable bonds is 3. The second-order valence-corrected chi connectivity index (χ2v) is 7.03. The summed E-state index contributed by atoms with van der Waals surface area (Å²) in [5.74, 6) is 0.794. The third kappa shape index (κ3) is 2.75. The molecule has 1 aromatic heterocycles. The number of hydrogen-bond donors (Lipinski definition) is 0. The minimum atomic E-state index is 0.108. The van der Waals surface area contributed by atoms with E-state index in [0.717, 1.165) is 18.5 Å². The van der Waals surface area contributed by atoms with Crippen LogP contribution in [0, 0.1) is 42.4 Å². The van der Waals surface area contributed by atoms with Crippen molar-refractivity contribution in [3.63, 3.8) is 0 Å². The monoisotopic (exact) mass is 273 g/mol. The van der Waals surface area contributed by atoms with Crippen molar-refractivity contribution < 1.29 is 0 Å². The van der Waals surface area contributed by atoms with Gasteiger partial charge in [0.1, 0.15) is 0 Å². The van der Waals surface area contributed by atoms with Crippen LogP contribution >= 0.6 is 0 Å². The van der Waals surface area contributed by atoms with E-state index in [1.54, 1.807) is 0 Å². The number of hydrogen-bond acceptors (Lipinski definition) is 2. The van der Waals surface area contributed by atoms with Crippen molar-refractivity contribution in [2.45, 2.75) is 66.3 Å². The van der Waals surface area contributed by atoms with Gasteiger partial charge in [-0.15, -0.1) is 0 Å². The molecular formula is C17H27N3. The third-order valence-corrected chi connectivity index (χ3v) is 5.36. The van der Waals surface area contributed by atoms with Crippen molar-refractivity contribution in [1.29, 1.82) is 5.26 Å². The van der Waals surface area contributed by atoms with E-state index in [4.69, 9.17) is 0 Å². The Morgan fingerprint density at radius 1 is 1.40 bits per heavy atom. The van der Waals surface area contributed by atoms with E-state index in [2.05, 4.69) is 49.6 Å². The average molecular weight is 273 g/mol. The van der Waals surface area contributed by atoms with E-state index < -0.39 is 0 Å². The van der Waals surface area contributed by atoms with Crippen LogP contribution < -0.4 is 0 Å². The van der Waals surface area contributed by atoms with Gasteiger partial charge in [-0.05, 0) is 50.5 Å². The maximum atomic E-state index is 9.48. The molecule has 1 aliphatic carbocycles. The molecule has 3 heteroatoms. The molecule has 0 saturated heterocycles. The van der Waals surface area contributed by atoms with Crippen LogP contribution in [0.4, 0.5) is 0 Å². The van der Waals surface area contributed by atoms with Gasteiger partial charge in [0.25, 0.3) is 0 Å². The maximum absolute atomic E-state index is 9.48. The van der Waals surface area contributed by atoms with Crippen LogP contribution in [0.5, 0.6) is 0 Å². The Hall–Kier alpha value is -1.30. The lowest BCUT2D eigenvalue weighted by Gasteiger charge is -2.41. The van der Waals surface area contributed by atoms with Crippen LogP contribution in [0.1, 0.15) is 63.9 Å². The largest absolute Gasteiger partial charge is 0.265 e. The summed E-state index contributed by atoms with van der Waals surface area (Å²) in [7, 11) is 0. The minimum Gasteiger partial charge on any atom is -0.265 e. The Bertz CT molecular complexity index is 507. The highest BCUT2D eigenvalue weighted by molar-refractivity contribution is 5.10.